The van der Waals surface area contributed by atoms with E-state index in [-0.39, 0.29) is 0 Å². The molecule has 0 radical (unpaired) electrons. The normalized spacial score (nSPS) is 10.7. The second kappa shape index (κ2) is 6.06. The summed E-state index contributed by atoms with van der Waals surface area (Å²) in [5, 5.41) is 1.93. The second-order valence-corrected chi connectivity index (χ2v) is 5.08. The van der Waals surface area contributed by atoms with Crippen molar-refractivity contribution in [2.75, 3.05) is 0 Å². The van der Waals surface area contributed by atoms with Gasteiger partial charge >= 0.3 is 0 Å². The number of rotatable bonds is 4. The van der Waals surface area contributed by atoms with E-state index in [0.29, 0.717) is 6.61 Å². The Morgan fingerprint density at radius 1 is 0.900 bits per heavy atom. The molecule has 3 heteroatoms. The SMILES string of the molecule is BrCc1ccccc1OCc1cccc2cccnc12. The van der Waals surface area contributed by atoms with Gasteiger partial charge in [-0.05, 0) is 12.1 Å². The molecule has 0 atom stereocenters. The number of hydrogen-bond acceptors (Lipinski definition) is 2. The molecule has 0 amide bonds. The van der Waals surface area contributed by atoms with Crippen LogP contribution >= 0.6 is 15.9 Å². The Hall–Kier alpha value is -1.87. The van der Waals surface area contributed by atoms with Crippen molar-refractivity contribution < 1.29 is 4.74 Å². The number of fused-ring (bicyclic) bond motifs is 1. The first kappa shape index (κ1) is 13.1. The molecule has 3 rings (SSSR count). The van der Waals surface area contributed by atoms with E-state index in [1.165, 1.54) is 0 Å². The van der Waals surface area contributed by atoms with Crippen molar-refractivity contribution in [1.82, 2.24) is 4.98 Å². The number of hydrogen-bond donors (Lipinski definition) is 0. The fourth-order valence-corrected chi connectivity index (χ4v) is 2.66. The minimum atomic E-state index is 0.526. The standard InChI is InChI=1S/C17H14BrNO/c18-11-14-5-1-2-9-16(14)20-12-15-7-3-6-13-8-4-10-19-17(13)15/h1-10H,11-12H2. The van der Waals surface area contributed by atoms with E-state index >= 15 is 0 Å². The molecule has 0 N–H and O–H groups in total. The molecule has 0 spiro atoms. The van der Waals surface area contributed by atoms with Crippen molar-refractivity contribution >= 4 is 26.8 Å². The van der Waals surface area contributed by atoms with Crippen LogP contribution in [-0.2, 0) is 11.9 Å². The summed E-state index contributed by atoms with van der Waals surface area (Å²) >= 11 is 3.48. The Morgan fingerprint density at radius 3 is 2.60 bits per heavy atom. The summed E-state index contributed by atoms with van der Waals surface area (Å²) in [4.78, 5) is 4.45. The summed E-state index contributed by atoms with van der Waals surface area (Å²) in [6, 6.07) is 18.3. The maximum Gasteiger partial charge on any atom is 0.123 e. The van der Waals surface area contributed by atoms with Gasteiger partial charge in [-0.15, -0.1) is 0 Å². The Balaban J connectivity index is 1.87. The molecule has 0 fully saturated rings. The molecule has 0 saturated heterocycles. The molecule has 20 heavy (non-hydrogen) atoms. The summed E-state index contributed by atoms with van der Waals surface area (Å²) in [5.41, 5.74) is 3.26. The number of nitrogens with zero attached hydrogens (tertiary/aromatic N) is 1. The quantitative estimate of drug-likeness (QED) is 0.647. The van der Waals surface area contributed by atoms with E-state index in [1.807, 2.05) is 36.5 Å². The number of para-hydroxylation sites is 2. The molecule has 2 nitrogen and oxygen atoms in total. The molecule has 0 bridgehead atoms. The van der Waals surface area contributed by atoms with Crippen molar-refractivity contribution in [1.29, 1.82) is 0 Å². The van der Waals surface area contributed by atoms with E-state index in [2.05, 4.69) is 45.2 Å². The molecule has 1 heterocycles. The lowest BCUT2D eigenvalue weighted by molar-refractivity contribution is 0.305. The van der Waals surface area contributed by atoms with Gasteiger partial charge in [-0.1, -0.05) is 58.4 Å². The summed E-state index contributed by atoms with van der Waals surface area (Å²) < 4.78 is 5.95. The zero-order chi connectivity index (χ0) is 13.8. The minimum absolute atomic E-state index is 0.526. The molecule has 0 unspecified atom stereocenters. The highest BCUT2D eigenvalue weighted by atomic mass is 79.9. The maximum absolute atomic E-state index is 5.95. The van der Waals surface area contributed by atoms with Gasteiger partial charge < -0.3 is 4.74 Å². The molecule has 3 aromatic rings. The summed E-state index contributed by atoms with van der Waals surface area (Å²) in [7, 11) is 0. The predicted octanol–water partition coefficient (Wildman–Crippen LogP) is 4.71. The molecule has 0 aliphatic rings. The number of benzene rings is 2. The zero-order valence-electron chi connectivity index (χ0n) is 10.9. The van der Waals surface area contributed by atoms with Gasteiger partial charge in [-0.3, -0.25) is 4.98 Å². The summed E-state index contributed by atoms with van der Waals surface area (Å²) in [6.07, 6.45) is 1.82. The smallest absolute Gasteiger partial charge is 0.123 e. The average Bonchev–Trinajstić information content (AvgIpc) is 2.53. The van der Waals surface area contributed by atoms with Crippen LogP contribution in [0.15, 0.2) is 60.8 Å². The lowest BCUT2D eigenvalue weighted by Gasteiger charge is -2.11. The summed E-state index contributed by atoms with van der Waals surface area (Å²) in [6.45, 7) is 0.526. The number of alkyl halides is 1. The first-order chi connectivity index (χ1) is 9.88. The minimum Gasteiger partial charge on any atom is -0.489 e. The van der Waals surface area contributed by atoms with Gasteiger partial charge in [-0.25, -0.2) is 0 Å². The van der Waals surface area contributed by atoms with Gasteiger partial charge in [0.25, 0.3) is 0 Å². The van der Waals surface area contributed by atoms with Crippen molar-refractivity contribution in [3.63, 3.8) is 0 Å². The van der Waals surface area contributed by atoms with Gasteiger partial charge in [0.2, 0.25) is 0 Å². The predicted molar refractivity (Wildman–Crippen MR) is 85.1 cm³/mol. The van der Waals surface area contributed by atoms with Gasteiger partial charge in [-0.2, -0.15) is 0 Å². The number of pyridine rings is 1. The van der Waals surface area contributed by atoms with Crippen LogP contribution < -0.4 is 4.74 Å². The third-order valence-corrected chi connectivity index (χ3v) is 3.82. The highest BCUT2D eigenvalue weighted by Crippen LogP contribution is 2.23. The van der Waals surface area contributed by atoms with E-state index in [9.17, 15) is 0 Å². The van der Waals surface area contributed by atoms with Crippen LogP contribution in [0, 0.1) is 0 Å². The second-order valence-electron chi connectivity index (χ2n) is 4.52. The fourth-order valence-electron chi connectivity index (χ4n) is 2.19. The van der Waals surface area contributed by atoms with Gasteiger partial charge in [0.15, 0.2) is 0 Å². The van der Waals surface area contributed by atoms with Crippen molar-refractivity contribution in [3.8, 4) is 5.75 Å². The van der Waals surface area contributed by atoms with Crippen LogP contribution in [0.25, 0.3) is 10.9 Å². The van der Waals surface area contributed by atoms with Crippen LogP contribution in [0.5, 0.6) is 5.75 Å². The van der Waals surface area contributed by atoms with Crippen molar-refractivity contribution in [2.45, 2.75) is 11.9 Å². The molecule has 0 aliphatic heterocycles. The fraction of sp³-hybridized carbons (Fsp3) is 0.118. The van der Waals surface area contributed by atoms with E-state index in [0.717, 1.165) is 33.1 Å². The number of halogens is 1. The highest BCUT2D eigenvalue weighted by Gasteiger charge is 2.05. The van der Waals surface area contributed by atoms with Gasteiger partial charge in [0.05, 0.1) is 5.52 Å². The van der Waals surface area contributed by atoms with Crippen LogP contribution in [0.1, 0.15) is 11.1 Å². The molecule has 1 aromatic heterocycles. The Morgan fingerprint density at radius 2 is 1.70 bits per heavy atom. The number of ether oxygens (including phenoxy) is 1. The maximum atomic E-state index is 5.95. The first-order valence-corrected chi connectivity index (χ1v) is 7.60. The third kappa shape index (κ3) is 2.68. The zero-order valence-corrected chi connectivity index (χ0v) is 12.5. The van der Waals surface area contributed by atoms with Crippen LogP contribution in [0.2, 0.25) is 0 Å². The van der Waals surface area contributed by atoms with E-state index in [4.69, 9.17) is 4.74 Å². The van der Waals surface area contributed by atoms with Crippen molar-refractivity contribution in [2.24, 2.45) is 0 Å². The Labute approximate surface area is 126 Å². The molecular weight excluding hydrogens is 314 g/mol. The van der Waals surface area contributed by atoms with E-state index < -0.39 is 0 Å². The number of aromatic nitrogens is 1. The average molecular weight is 328 g/mol. The van der Waals surface area contributed by atoms with Crippen LogP contribution in [0.3, 0.4) is 0 Å². The molecule has 0 saturated carbocycles. The molecule has 0 aliphatic carbocycles. The highest BCUT2D eigenvalue weighted by molar-refractivity contribution is 9.08. The molecular formula is C17H14BrNO. The largest absolute Gasteiger partial charge is 0.489 e. The van der Waals surface area contributed by atoms with Crippen molar-refractivity contribution in [3.05, 3.63) is 71.9 Å². The van der Waals surface area contributed by atoms with Gasteiger partial charge in [0, 0.05) is 28.0 Å². The molecule has 100 valence electrons. The lowest BCUT2D eigenvalue weighted by Crippen LogP contribution is -1.99. The van der Waals surface area contributed by atoms with Crippen LogP contribution in [0.4, 0.5) is 0 Å². The Bertz CT molecular complexity index is 722. The topological polar surface area (TPSA) is 22.1 Å². The lowest BCUT2D eigenvalue weighted by atomic mass is 10.1. The van der Waals surface area contributed by atoms with Gasteiger partial charge in [0.1, 0.15) is 12.4 Å². The van der Waals surface area contributed by atoms with Crippen LogP contribution in [-0.4, -0.2) is 4.98 Å². The Kier molecular flexibility index (Phi) is 3.97. The monoisotopic (exact) mass is 327 g/mol. The van der Waals surface area contributed by atoms with E-state index in [1.54, 1.807) is 0 Å². The molecule has 2 aromatic carbocycles. The first-order valence-electron chi connectivity index (χ1n) is 6.48. The summed E-state index contributed by atoms with van der Waals surface area (Å²) in [5.74, 6) is 0.914. The third-order valence-electron chi connectivity index (χ3n) is 3.22.